The maximum Gasteiger partial charge on any atom is 0.263 e. The van der Waals surface area contributed by atoms with Gasteiger partial charge in [-0.1, -0.05) is 17.7 Å². The molecule has 104 valence electrons. The topological polar surface area (TPSA) is 41.6 Å². The average Bonchev–Trinajstić information content (AvgIpc) is 2.90. The van der Waals surface area contributed by atoms with E-state index >= 15 is 0 Å². The van der Waals surface area contributed by atoms with Crippen molar-refractivity contribution in [3.05, 3.63) is 29.3 Å². The highest BCUT2D eigenvalue weighted by molar-refractivity contribution is 6.30. The summed E-state index contributed by atoms with van der Waals surface area (Å²) in [6.07, 6.45) is 0.482. The Morgan fingerprint density at radius 2 is 2.37 bits per heavy atom. The molecule has 1 saturated heterocycles. The normalized spacial score (nSPS) is 20.1. The van der Waals surface area contributed by atoms with Crippen LogP contribution in [0.4, 0.5) is 0 Å². The molecular formula is C14H19ClN2O2. The summed E-state index contributed by atoms with van der Waals surface area (Å²) >= 11 is 5.89. The summed E-state index contributed by atoms with van der Waals surface area (Å²) in [5.74, 6) is 0.611. The van der Waals surface area contributed by atoms with Gasteiger partial charge in [-0.15, -0.1) is 0 Å². The molecule has 1 aliphatic heterocycles. The lowest BCUT2D eigenvalue weighted by Crippen LogP contribution is -2.44. The fraction of sp³-hybridized carbons (Fsp3) is 0.500. The van der Waals surface area contributed by atoms with Crippen LogP contribution in [0.3, 0.4) is 0 Å². The number of hydrogen-bond acceptors (Lipinski definition) is 3. The van der Waals surface area contributed by atoms with Crippen LogP contribution in [-0.2, 0) is 4.79 Å². The van der Waals surface area contributed by atoms with Gasteiger partial charge in [0, 0.05) is 24.7 Å². The predicted octanol–water partition coefficient (Wildman–Crippen LogP) is 1.93. The van der Waals surface area contributed by atoms with E-state index in [9.17, 15) is 4.79 Å². The van der Waals surface area contributed by atoms with Crippen molar-refractivity contribution in [2.75, 3.05) is 20.1 Å². The van der Waals surface area contributed by atoms with Crippen LogP contribution in [0.15, 0.2) is 24.3 Å². The molecule has 2 unspecified atom stereocenters. The number of halogens is 1. The number of rotatable bonds is 4. The second kappa shape index (κ2) is 6.26. The quantitative estimate of drug-likeness (QED) is 0.917. The van der Waals surface area contributed by atoms with Crippen LogP contribution < -0.4 is 10.1 Å². The highest BCUT2D eigenvalue weighted by Crippen LogP contribution is 2.19. The maximum absolute atomic E-state index is 12.3. The summed E-state index contributed by atoms with van der Waals surface area (Å²) in [4.78, 5) is 14.0. The van der Waals surface area contributed by atoms with Crippen molar-refractivity contribution < 1.29 is 9.53 Å². The summed E-state index contributed by atoms with van der Waals surface area (Å²) < 4.78 is 5.64. The Morgan fingerprint density at radius 1 is 1.58 bits per heavy atom. The second-order valence-corrected chi connectivity index (χ2v) is 5.25. The minimum absolute atomic E-state index is 0.00586. The second-order valence-electron chi connectivity index (χ2n) is 4.81. The first-order valence-electron chi connectivity index (χ1n) is 6.47. The zero-order valence-electron chi connectivity index (χ0n) is 11.2. The first-order valence-corrected chi connectivity index (χ1v) is 6.85. The summed E-state index contributed by atoms with van der Waals surface area (Å²) in [7, 11) is 1.83. The van der Waals surface area contributed by atoms with Crippen molar-refractivity contribution in [1.29, 1.82) is 0 Å². The van der Waals surface area contributed by atoms with Crippen LogP contribution in [0.5, 0.6) is 5.75 Å². The molecule has 5 heteroatoms. The standard InChI is InChI=1S/C14H19ClN2O2/c1-10(19-13-5-3-4-11(15)8-13)14(18)17(2)12-6-7-16-9-12/h3-5,8,10,12,16H,6-7,9H2,1-2H3. The van der Waals surface area contributed by atoms with E-state index in [-0.39, 0.29) is 11.9 Å². The molecule has 2 atom stereocenters. The molecule has 0 radical (unpaired) electrons. The van der Waals surface area contributed by atoms with Gasteiger partial charge in [-0.3, -0.25) is 4.79 Å². The maximum atomic E-state index is 12.3. The molecule has 1 aromatic rings. The van der Waals surface area contributed by atoms with Gasteiger partial charge in [0.15, 0.2) is 6.10 Å². The minimum atomic E-state index is -0.510. The summed E-state index contributed by atoms with van der Waals surface area (Å²) in [6.45, 7) is 3.58. The monoisotopic (exact) mass is 282 g/mol. The lowest BCUT2D eigenvalue weighted by molar-refractivity contribution is -0.138. The Bertz CT molecular complexity index is 447. The van der Waals surface area contributed by atoms with Gasteiger partial charge in [-0.2, -0.15) is 0 Å². The van der Waals surface area contributed by atoms with Crippen LogP contribution in [0.1, 0.15) is 13.3 Å². The van der Waals surface area contributed by atoms with Gasteiger partial charge in [-0.25, -0.2) is 0 Å². The molecule has 1 aromatic carbocycles. The predicted molar refractivity (Wildman–Crippen MR) is 75.6 cm³/mol. The lowest BCUT2D eigenvalue weighted by atomic mass is 10.2. The van der Waals surface area contributed by atoms with Gasteiger partial charge < -0.3 is 15.0 Å². The van der Waals surface area contributed by atoms with Crippen molar-refractivity contribution in [3.8, 4) is 5.75 Å². The average molecular weight is 283 g/mol. The number of carbonyl (C=O) groups is 1. The Morgan fingerprint density at radius 3 is 3.00 bits per heavy atom. The summed E-state index contributed by atoms with van der Waals surface area (Å²) in [5, 5.41) is 3.85. The third-order valence-corrected chi connectivity index (χ3v) is 3.62. The molecule has 4 nitrogen and oxygen atoms in total. The zero-order chi connectivity index (χ0) is 13.8. The smallest absolute Gasteiger partial charge is 0.263 e. The van der Waals surface area contributed by atoms with Crippen molar-refractivity contribution in [1.82, 2.24) is 10.2 Å². The molecule has 0 aromatic heterocycles. The molecule has 1 fully saturated rings. The molecule has 1 aliphatic rings. The Hall–Kier alpha value is -1.26. The molecule has 0 spiro atoms. The minimum Gasteiger partial charge on any atom is -0.481 e. The van der Waals surface area contributed by atoms with Crippen molar-refractivity contribution in [2.24, 2.45) is 0 Å². The number of amides is 1. The van der Waals surface area contributed by atoms with Crippen LogP contribution in [0.25, 0.3) is 0 Å². The zero-order valence-corrected chi connectivity index (χ0v) is 12.0. The molecule has 1 N–H and O–H groups in total. The van der Waals surface area contributed by atoms with E-state index in [0.29, 0.717) is 10.8 Å². The number of carbonyl (C=O) groups excluding carboxylic acids is 1. The van der Waals surface area contributed by atoms with Gasteiger partial charge in [0.2, 0.25) is 0 Å². The number of nitrogens with one attached hydrogen (secondary N) is 1. The largest absolute Gasteiger partial charge is 0.481 e. The fourth-order valence-electron chi connectivity index (χ4n) is 2.23. The van der Waals surface area contributed by atoms with Gasteiger partial charge in [0.1, 0.15) is 5.75 Å². The highest BCUT2D eigenvalue weighted by Gasteiger charge is 2.27. The highest BCUT2D eigenvalue weighted by atomic mass is 35.5. The van der Waals surface area contributed by atoms with E-state index in [0.717, 1.165) is 19.5 Å². The third-order valence-electron chi connectivity index (χ3n) is 3.39. The number of benzene rings is 1. The Kier molecular flexibility index (Phi) is 4.66. The van der Waals surface area contributed by atoms with E-state index in [1.54, 1.807) is 36.1 Å². The van der Waals surface area contributed by atoms with Crippen molar-refractivity contribution >= 4 is 17.5 Å². The van der Waals surface area contributed by atoms with Crippen molar-refractivity contribution in [2.45, 2.75) is 25.5 Å². The summed E-state index contributed by atoms with van der Waals surface area (Å²) in [5.41, 5.74) is 0. The van der Waals surface area contributed by atoms with Gasteiger partial charge in [0.05, 0.1) is 0 Å². The van der Waals surface area contributed by atoms with Crippen LogP contribution in [0.2, 0.25) is 5.02 Å². The van der Waals surface area contributed by atoms with Crippen LogP contribution in [-0.4, -0.2) is 43.1 Å². The molecule has 1 amide bonds. The fourth-order valence-corrected chi connectivity index (χ4v) is 2.41. The molecule has 0 bridgehead atoms. The van der Waals surface area contributed by atoms with Gasteiger partial charge in [0.25, 0.3) is 5.91 Å². The number of ether oxygens (including phenoxy) is 1. The molecule has 2 rings (SSSR count). The van der Waals surface area contributed by atoms with E-state index in [4.69, 9.17) is 16.3 Å². The SMILES string of the molecule is CC(Oc1cccc(Cl)c1)C(=O)N(C)C1CCNC1. The van der Waals surface area contributed by atoms with E-state index in [1.165, 1.54) is 0 Å². The molecule has 1 heterocycles. The first kappa shape index (κ1) is 14.2. The van der Waals surface area contributed by atoms with E-state index in [2.05, 4.69) is 5.32 Å². The lowest BCUT2D eigenvalue weighted by Gasteiger charge is -2.27. The Labute approximate surface area is 118 Å². The number of hydrogen-bond donors (Lipinski definition) is 1. The first-order chi connectivity index (χ1) is 9.08. The van der Waals surface area contributed by atoms with E-state index in [1.807, 2.05) is 7.05 Å². The van der Waals surface area contributed by atoms with Crippen LogP contribution >= 0.6 is 11.6 Å². The number of nitrogens with zero attached hydrogens (tertiary/aromatic N) is 1. The van der Waals surface area contributed by atoms with E-state index < -0.39 is 6.10 Å². The molecular weight excluding hydrogens is 264 g/mol. The molecule has 0 aliphatic carbocycles. The molecule has 0 saturated carbocycles. The van der Waals surface area contributed by atoms with Gasteiger partial charge >= 0.3 is 0 Å². The Balaban J connectivity index is 1.95. The number of likely N-dealkylation sites (N-methyl/N-ethyl adjacent to an activating group) is 1. The molecule has 19 heavy (non-hydrogen) atoms. The van der Waals surface area contributed by atoms with Crippen molar-refractivity contribution in [3.63, 3.8) is 0 Å². The van der Waals surface area contributed by atoms with Crippen LogP contribution in [0, 0.1) is 0 Å². The summed E-state index contributed by atoms with van der Waals surface area (Å²) in [6, 6.07) is 7.35. The third kappa shape index (κ3) is 3.61. The van der Waals surface area contributed by atoms with Gasteiger partial charge in [-0.05, 0) is 38.1 Å².